The number of nitrogens with one attached hydrogen (secondary N) is 1. The molecular formula is C16H23NOS. The number of para-hydroxylation sites is 1. The molecule has 0 spiro atoms. The van der Waals surface area contributed by atoms with Crippen molar-refractivity contribution in [2.75, 3.05) is 11.5 Å². The van der Waals surface area contributed by atoms with Crippen molar-refractivity contribution in [1.82, 2.24) is 5.32 Å². The molecule has 104 valence electrons. The molecule has 0 saturated heterocycles. The Labute approximate surface area is 119 Å². The largest absolute Gasteiger partial charge is 0.459 e. The number of rotatable bonds is 7. The predicted octanol–water partition coefficient (Wildman–Crippen LogP) is 4.62. The van der Waals surface area contributed by atoms with Gasteiger partial charge in [-0.05, 0) is 43.9 Å². The van der Waals surface area contributed by atoms with Crippen LogP contribution in [-0.4, -0.2) is 17.5 Å². The molecule has 2 atom stereocenters. The molecule has 1 aromatic heterocycles. The van der Waals surface area contributed by atoms with Crippen LogP contribution in [0.1, 0.15) is 39.0 Å². The van der Waals surface area contributed by atoms with Crippen molar-refractivity contribution in [1.29, 1.82) is 0 Å². The van der Waals surface area contributed by atoms with Crippen molar-refractivity contribution >= 4 is 22.7 Å². The molecule has 3 heteroatoms. The van der Waals surface area contributed by atoms with Crippen LogP contribution >= 0.6 is 11.8 Å². The maximum atomic E-state index is 5.89. The van der Waals surface area contributed by atoms with Crippen LogP contribution in [0.5, 0.6) is 0 Å². The van der Waals surface area contributed by atoms with Gasteiger partial charge in [0.05, 0.1) is 6.04 Å². The number of hydrogen-bond acceptors (Lipinski definition) is 3. The molecule has 0 amide bonds. The molecule has 0 aliphatic heterocycles. The molecule has 2 aromatic rings. The van der Waals surface area contributed by atoms with E-state index in [1.54, 1.807) is 0 Å². The van der Waals surface area contributed by atoms with Crippen molar-refractivity contribution in [3.8, 4) is 0 Å². The summed E-state index contributed by atoms with van der Waals surface area (Å²) in [6, 6.07) is 11.1. The van der Waals surface area contributed by atoms with Gasteiger partial charge in [0.25, 0.3) is 0 Å². The Balaban J connectivity index is 1.93. The number of thioether (sulfide) groups is 1. The van der Waals surface area contributed by atoms with E-state index in [2.05, 4.69) is 38.2 Å². The normalized spacial score (nSPS) is 14.7. The summed E-state index contributed by atoms with van der Waals surface area (Å²) < 4.78 is 5.89. The summed E-state index contributed by atoms with van der Waals surface area (Å²) in [6.07, 6.45) is 1.20. The molecule has 0 bridgehead atoms. The summed E-state index contributed by atoms with van der Waals surface area (Å²) >= 11 is 2.00. The van der Waals surface area contributed by atoms with Crippen molar-refractivity contribution in [2.24, 2.45) is 0 Å². The van der Waals surface area contributed by atoms with Crippen LogP contribution in [0.25, 0.3) is 11.0 Å². The lowest BCUT2D eigenvalue weighted by Crippen LogP contribution is -2.29. The molecule has 2 unspecified atom stereocenters. The fourth-order valence-corrected chi connectivity index (χ4v) is 3.02. The van der Waals surface area contributed by atoms with Gasteiger partial charge < -0.3 is 9.73 Å². The zero-order valence-electron chi connectivity index (χ0n) is 12.0. The minimum absolute atomic E-state index is 0.258. The Morgan fingerprint density at radius 1 is 1.26 bits per heavy atom. The van der Waals surface area contributed by atoms with E-state index >= 15 is 0 Å². The van der Waals surface area contributed by atoms with Gasteiger partial charge in [-0.2, -0.15) is 11.8 Å². The summed E-state index contributed by atoms with van der Waals surface area (Å²) in [6.45, 7) is 6.62. The first-order valence-electron chi connectivity index (χ1n) is 7.03. The lowest BCUT2D eigenvalue weighted by atomic mass is 10.2. The van der Waals surface area contributed by atoms with Gasteiger partial charge in [-0.1, -0.05) is 25.1 Å². The van der Waals surface area contributed by atoms with Gasteiger partial charge in [0.1, 0.15) is 11.3 Å². The lowest BCUT2D eigenvalue weighted by molar-refractivity contribution is 0.407. The van der Waals surface area contributed by atoms with Crippen molar-refractivity contribution in [3.05, 3.63) is 36.1 Å². The molecule has 0 saturated carbocycles. The summed E-state index contributed by atoms with van der Waals surface area (Å²) in [5.41, 5.74) is 0.973. The first-order valence-corrected chi connectivity index (χ1v) is 8.18. The first-order chi connectivity index (χ1) is 9.20. The second-order valence-corrected chi connectivity index (χ2v) is 6.36. The molecule has 1 N–H and O–H groups in total. The second-order valence-electron chi connectivity index (χ2n) is 4.96. The fraction of sp³-hybridized carbons (Fsp3) is 0.500. The molecule has 2 rings (SSSR count). The highest BCUT2D eigenvalue weighted by Crippen LogP contribution is 2.24. The highest BCUT2D eigenvalue weighted by Gasteiger charge is 2.13. The second kappa shape index (κ2) is 7.01. The third-order valence-corrected chi connectivity index (χ3v) is 4.24. The van der Waals surface area contributed by atoms with Gasteiger partial charge in [0.2, 0.25) is 0 Å². The molecule has 1 aromatic carbocycles. The molecule has 0 radical (unpaired) electrons. The Kier molecular flexibility index (Phi) is 5.34. The van der Waals surface area contributed by atoms with Crippen LogP contribution in [0.4, 0.5) is 0 Å². The maximum absolute atomic E-state index is 5.89. The molecule has 0 aliphatic carbocycles. The third-order valence-electron chi connectivity index (χ3n) is 3.31. The summed E-state index contributed by atoms with van der Waals surface area (Å²) in [7, 11) is 0. The number of fused-ring (bicyclic) bond motifs is 1. The molecule has 2 nitrogen and oxygen atoms in total. The minimum Gasteiger partial charge on any atom is -0.459 e. The molecule has 19 heavy (non-hydrogen) atoms. The maximum Gasteiger partial charge on any atom is 0.134 e. The van der Waals surface area contributed by atoms with Crippen molar-refractivity contribution < 1.29 is 4.42 Å². The average molecular weight is 277 g/mol. The monoisotopic (exact) mass is 277 g/mol. The summed E-state index contributed by atoms with van der Waals surface area (Å²) in [5, 5.41) is 4.79. The van der Waals surface area contributed by atoms with Crippen LogP contribution in [0, 0.1) is 0 Å². The third kappa shape index (κ3) is 4.02. The van der Waals surface area contributed by atoms with Crippen molar-refractivity contribution in [2.45, 2.75) is 39.3 Å². The first kappa shape index (κ1) is 14.5. The molecular weight excluding hydrogens is 254 g/mol. The van der Waals surface area contributed by atoms with Crippen LogP contribution in [0.3, 0.4) is 0 Å². The Morgan fingerprint density at radius 2 is 2.05 bits per heavy atom. The van der Waals surface area contributed by atoms with E-state index in [4.69, 9.17) is 4.42 Å². The van der Waals surface area contributed by atoms with Gasteiger partial charge in [-0.3, -0.25) is 0 Å². The number of furan rings is 1. The van der Waals surface area contributed by atoms with Gasteiger partial charge in [-0.15, -0.1) is 0 Å². The van der Waals surface area contributed by atoms with Gasteiger partial charge >= 0.3 is 0 Å². The molecule has 1 heterocycles. The van der Waals surface area contributed by atoms with E-state index in [-0.39, 0.29) is 6.04 Å². The SMILES string of the molecule is CCSCCC(C)NC(C)c1cc2ccccc2o1. The minimum atomic E-state index is 0.258. The van der Waals surface area contributed by atoms with Gasteiger partial charge in [-0.25, -0.2) is 0 Å². The highest BCUT2D eigenvalue weighted by atomic mass is 32.2. The molecule has 0 aliphatic rings. The van der Waals surface area contributed by atoms with E-state index in [0.29, 0.717) is 6.04 Å². The Hall–Kier alpha value is -0.930. The van der Waals surface area contributed by atoms with Crippen LogP contribution in [-0.2, 0) is 0 Å². The van der Waals surface area contributed by atoms with Crippen molar-refractivity contribution in [3.63, 3.8) is 0 Å². The van der Waals surface area contributed by atoms with Gasteiger partial charge in [0.15, 0.2) is 0 Å². The average Bonchev–Trinajstić information content (AvgIpc) is 2.83. The van der Waals surface area contributed by atoms with Crippen LogP contribution < -0.4 is 5.32 Å². The zero-order valence-corrected chi connectivity index (χ0v) is 12.8. The van der Waals surface area contributed by atoms with E-state index < -0.39 is 0 Å². The smallest absolute Gasteiger partial charge is 0.134 e. The van der Waals surface area contributed by atoms with Crippen LogP contribution in [0.2, 0.25) is 0 Å². The number of hydrogen-bond donors (Lipinski definition) is 1. The zero-order chi connectivity index (χ0) is 13.7. The van der Waals surface area contributed by atoms with E-state index in [0.717, 1.165) is 11.3 Å². The Morgan fingerprint density at radius 3 is 2.79 bits per heavy atom. The lowest BCUT2D eigenvalue weighted by Gasteiger charge is -2.18. The standard InChI is InChI=1S/C16H23NOS/c1-4-19-10-9-12(2)17-13(3)16-11-14-7-5-6-8-15(14)18-16/h5-8,11-13,17H,4,9-10H2,1-3H3. The predicted molar refractivity (Wildman–Crippen MR) is 84.8 cm³/mol. The van der Waals surface area contributed by atoms with Crippen LogP contribution in [0.15, 0.2) is 34.7 Å². The number of benzene rings is 1. The van der Waals surface area contributed by atoms with E-state index in [9.17, 15) is 0 Å². The quantitative estimate of drug-likeness (QED) is 0.748. The summed E-state index contributed by atoms with van der Waals surface area (Å²) in [5.74, 6) is 3.44. The Bertz CT molecular complexity index is 475. The van der Waals surface area contributed by atoms with Gasteiger partial charge in [0, 0.05) is 11.4 Å². The van der Waals surface area contributed by atoms with E-state index in [1.807, 2.05) is 30.0 Å². The summed E-state index contributed by atoms with van der Waals surface area (Å²) in [4.78, 5) is 0. The molecule has 0 fully saturated rings. The highest BCUT2D eigenvalue weighted by molar-refractivity contribution is 7.99. The fourth-order valence-electron chi connectivity index (χ4n) is 2.21. The van der Waals surface area contributed by atoms with E-state index in [1.165, 1.54) is 23.3 Å². The topological polar surface area (TPSA) is 25.2 Å².